The lowest BCUT2D eigenvalue weighted by molar-refractivity contribution is 0.261. The molecule has 0 saturated heterocycles. The van der Waals surface area contributed by atoms with Crippen LogP contribution in [0, 0.1) is 0 Å². The van der Waals surface area contributed by atoms with E-state index in [1.165, 1.54) is 0 Å². The maximum atomic E-state index is 11.1. The minimum atomic E-state index is -4.39. The highest BCUT2D eigenvalue weighted by molar-refractivity contribution is 8.02. The molecular weight excluding hydrogens is 409 g/mol. The average Bonchev–Trinajstić information content (AvgIpc) is 2.42. The molecule has 0 saturated carbocycles. The Morgan fingerprint density at radius 1 is 1.20 bits per heavy atom. The number of hydrogen-bond acceptors (Lipinski definition) is 7. The highest BCUT2D eigenvalue weighted by Crippen LogP contribution is 2.47. The first-order chi connectivity index (χ1) is 11.4. The maximum absolute atomic E-state index is 11.1. The number of rotatable bonds is 10. The summed E-state index contributed by atoms with van der Waals surface area (Å²) in [7, 11) is -6.03. The summed E-state index contributed by atoms with van der Waals surface area (Å²) in [6.45, 7) is 0.139. The van der Waals surface area contributed by atoms with Gasteiger partial charge in [0.25, 0.3) is 0 Å². The number of nitrogens with zero attached hydrogens (tertiary/aromatic N) is 2. The summed E-state index contributed by atoms with van der Waals surface area (Å²) in [6, 6.07) is 7.07. The van der Waals surface area contributed by atoms with Crippen LogP contribution in [-0.2, 0) is 22.8 Å². The largest absolute Gasteiger partial charge is 0.491 e. The van der Waals surface area contributed by atoms with Gasteiger partial charge < -0.3 is 9.79 Å². The molecule has 1 unspecified atom stereocenters. The minimum absolute atomic E-state index is 0.139. The molecule has 1 rings (SSSR count). The molecule has 1 aromatic carbocycles. The van der Waals surface area contributed by atoms with E-state index in [1.807, 2.05) is 14.1 Å². The van der Waals surface area contributed by atoms with Gasteiger partial charge in [-0.3, -0.25) is 14.0 Å². The van der Waals surface area contributed by atoms with Crippen molar-refractivity contribution in [2.24, 2.45) is 0 Å². The molecule has 0 heterocycles. The van der Waals surface area contributed by atoms with E-state index in [0.29, 0.717) is 12.2 Å². The van der Waals surface area contributed by atoms with Gasteiger partial charge in [0.2, 0.25) is 11.8 Å². The molecular formula is C12H23N2O7P3S+2. The van der Waals surface area contributed by atoms with Gasteiger partial charge in [0, 0.05) is 20.6 Å². The molecule has 0 spiro atoms. The van der Waals surface area contributed by atoms with E-state index in [-0.39, 0.29) is 6.54 Å². The molecule has 25 heavy (non-hydrogen) atoms. The molecule has 1 atom stereocenters. The van der Waals surface area contributed by atoms with Crippen molar-refractivity contribution < 1.29 is 33.6 Å². The monoisotopic (exact) mass is 432 g/mol. The first kappa shape index (κ1) is 23.0. The highest BCUT2D eigenvalue weighted by atomic mass is 32.4. The molecule has 0 aliphatic rings. The van der Waals surface area contributed by atoms with E-state index in [4.69, 9.17) is 40.8 Å². The zero-order chi connectivity index (χ0) is 19.3. The van der Waals surface area contributed by atoms with Gasteiger partial charge in [-0.25, -0.2) is 0 Å². The molecule has 142 valence electrons. The Labute approximate surface area is 153 Å². The summed E-state index contributed by atoms with van der Waals surface area (Å²) in [5.74, 6) is 0.622. The van der Waals surface area contributed by atoms with Crippen molar-refractivity contribution in [1.29, 1.82) is 0 Å². The third-order valence-electron chi connectivity index (χ3n) is 2.92. The molecule has 9 nitrogen and oxygen atoms in total. The van der Waals surface area contributed by atoms with Crippen LogP contribution in [0.4, 0.5) is 0 Å². The van der Waals surface area contributed by atoms with Crippen LogP contribution in [0.15, 0.2) is 24.3 Å². The first-order valence-corrected chi connectivity index (χ1v) is 13.0. The minimum Gasteiger partial charge on any atom is -0.324 e. The van der Waals surface area contributed by atoms with Gasteiger partial charge in [-0.15, -0.1) is 0 Å². The van der Waals surface area contributed by atoms with Gasteiger partial charge in [0.1, 0.15) is 6.29 Å². The Kier molecular flexibility index (Phi) is 8.94. The van der Waals surface area contributed by atoms with Gasteiger partial charge in [0.15, 0.2) is 12.0 Å². The summed E-state index contributed by atoms with van der Waals surface area (Å²) in [4.78, 5) is 46.7. The van der Waals surface area contributed by atoms with E-state index in [9.17, 15) is 4.57 Å². The molecule has 0 aliphatic carbocycles. The summed E-state index contributed by atoms with van der Waals surface area (Å²) in [5, 5.41) is 0. The van der Waals surface area contributed by atoms with Crippen LogP contribution in [0.1, 0.15) is 5.56 Å². The first-order valence-electron chi connectivity index (χ1n) is 7.10. The van der Waals surface area contributed by atoms with Crippen molar-refractivity contribution in [2.75, 3.05) is 33.2 Å². The van der Waals surface area contributed by atoms with E-state index in [1.54, 1.807) is 28.9 Å². The molecule has 13 heteroatoms. The lowest BCUT2D eigenvalue weighted by Gasteiger charge is -2.21. The molecule has 1 aromatic rings. The molecule has 0 fully saturated rings. The van der Waals surface area contributed by atoms with Crippen LogP contribution in [0.3, 0.4) is 0 Å². The fourth-order valence-corrected chi connectivity index (χ4v) is 4.31. The Morgan fingerprint density at radius 3 is 2.20 bits per heavy atom. The second-order valence-electron chi connectivity index (χ2n) is 5.60. The summed E-state index contributed by atoms with van der Waals surface area (Å²) in [5.41, 5.74) is 0.861. The number of hydrogen-bond donors (Lipinski definition) is 5. The Bertz CT molecular complexity index is 618. The van der Waals surface area contributed by atoms with Crippen molar-refractivity contribution in [2.45, 2.75) is 6.42 Å². The maximum Gasteiger partial charge on any atom is 0.491 e. The van der Waals surface area contributed by atoms with E-state index >= 15 is 0 Å². The van der Waals surface area contributed by atoms with Crippen LogP contribution in [0.5, 0.6) is 5.75 Å². The predicted molar refractivity (Wildman–Crippen MR) is 101 cm³/mol. The third-order valence-corrected chi connectivity index (χ3v) is 6.70. The van der Waals surface area contributed by atoms with Gasteiger partial charge in [-0.1, -0.05) is 16.8 Å². The van der Waals surface area contributed by atoms with Gasteiger partial charge in [-0.05, 0) is 24.1 Å². The van der Waals surface area contributed by atoms with Crippen molar-refractivity contribution in [3.63, 3.8) is 0 Å². The Balaban J connectivity index is 2.66. The Hall–Kier alpha value is -0.0800. The van der Waals surface area contributed by atoms with E-state index in [2.05, 4.69) is 0 Å². The molecule has 0 aliphatic heterocycles. The molecule has 0 bridgehead atoms. The van der Waals surface area contributed by atoms with Crippen molar-refractivity contribution in [3.05, 3.63) is 29.8 Å². The quantitative estimate of drug-likeness (QED) is 0.342. The average molecular weight is 432 g/mol. The van der Waals surface area contributed by atoms with Crippen LogP contribution in [0.25, 0.3) is 0 Å². The molecule has 0 aromatic heterocycles. The Morgan fingerprint density at radius 2 is 1.76 bits per heavy atom. The molecule has 0 radical (unpaired) electrons. The fraction of sp³-hybridized carbons (Fsp3) is 0.500. The second-order valence-corrected chi connectivity index (χ2v) is 11.3. The van der Waals surface area contributed by atoms with Crippen LogP contribution in [0.2, 0.25) is 0 Å². The topological polar surface area (TPSA) is 134 Å². The zero-order valence-corrected chi connectivity index (χ0v) is 17.3. The summed E-state index contributed by atoms with van der Waals surface area (Å²) >= 11 is 5.18. The van der Waals surface area contributed by atoms with Crippen molar-refractivity contribution in [1.82, 2.24) is 9.57 Å². The summed E-state index contributed by atoms with van der Waals surface area (Å²) in [6.07, 6.45) is -0.861. The normalized spacial score (nSPS) is 13.4. The second kappa shape index (κ2) is 9.74. The standard InChI is InChI=1S/C12H21N2O7P3S/c1-13(2)22(25)21-12-5-3-11(4-6-12)7-8-14(9-23(15,16)17)10-24(18,19)20/h3-6,15-17H,7-10H2,1-2H3/p+2. The van der Waals surface area contributed by atoms with Crippen LogP contribution >= 0.6 is 22.6 Å². The van der Waals surface area contributed by atoms with Gasteiger partial charge >= 0.3 is 22.6 Å². The molecule has 0 amide bonds. The van der Waals surface area contributed by atoms with Crippen LogP contribution in [-0.4, -0.2) is 67.2 Å². The fourth-order valence-electron chi connectivity index (χ4n) is 1.89. The third kappa shape index (κ3) is 10.6. The van der Waals surface area contributed by atoms with Crippen LogP contribution < -0.4 is 4.52 Å². The smallest absolute Gasteiger partial charge is 0.324 e. The zero-order valence-electron chi connectivity index (χ0n) is 13.8. The van der Waals surface area contributed by atoms with E-state index < -0.39 is 35.2 Å². The SMILES string of the molecule is CN(C)[P+](=S)Oc1ccc(CCN(CP(=O)(O)O)C[P+](O)(O)O)cc1. The van der Waals surface area contributed by atoms with E-state index in [0.717, 1.165) is 10.5 Å². The van der Waals surface area contributed by atoms with Gasteiger partial charge in [0.05, 0.1) is 0 Å². The highest BCUT2D eigenvalue weighted by Gasteiger charge is 2.35. The lowest BCUT2D eigenvalue weighted by Crippen LogP contribution is -2.29. The van der Waals surface area contributed by atoms with Gasteiger partial charge in [-0.2, -0.15) is 14.7 Å². The lowest BCUT2D eigenvalue weighted by atomic mass is 10.1. The van der Waals surface area contributed by atoms with Crippen molar-refractivity contribution in [3.8, 4) is 5.75 Å². The summed E-state index contributed by atoms with van der Waals surface area (Å²) < 4.78 is 18.5. The van der Waals surface area contributed by atoms with Crippen molar-refractivity contribution >= 4 is 34.4 Å². The molecule has 5 N–H and O–H groups in total. The number of benzene rings is 1. The predicted octanol–water partition coefficient (Wildman–Crippen LogP) is 1.08.